The molecule has 0 heterocycles. The molecule has 3 N–H and O–H groups in total. The van der Waals surface area contributed by atoms with Crippen molar-refractivity contribution in [3.63, 3.8) is 0 Å². The minimum atomic E-state index is 0. The van der Waals surface area contributed by atoms with Crippen LogP contribution in [0.4, 0.5) is 5.69 Å². The third kappa shape index (κ3) is 2.61. The lowest BCUT2D eigenvalue weighted by atomic mass is 10.2. The summed E-state index contributed by atoms with van der Waals surface area (Å²) in [5.41, 5.74) is 0.785. The van der Waals surface area contributed by atoms with E-state index in [2.05, 4.69) is 0 Å². The Morgan fingerprint density at radius 3 is 2.00 bits per heavy atom. The van der Waals surface area contributed by atoms with Gasteiger partial charge in [0.25, 0.3) is 0 Å². The lowest BCUT2D eigenvalue weighted by Crippen LogP contribution is -2.34. The largest absolute Gasteiger partial charge is 0.870 e. The van der Waals surface area contributed by atoms with Gasteiger partial charge in [0.05, 0.1) is 21.1 Å². The van der Waals surface area contributed by atoms with Crippen molar-refractivity contribution >= 4 is 5.69 Å². The first kappa shape index (κ1) is 11.7. The number of hydrogen-bond acceptors (Lipinski definition) is 3. The molecule has 0 bridgehead atoms. The summed E-state index contributed by atoms with van der Waals surface area (Å²) in [5.74, 6) is 0.215. The van der Waals surface area contributed by atoms with E-state index in [1.54, 1.807) is 12.1 Å². The Labute approximate surface area is 77.6 Å². The van der Waals surface area contributed by atoms with Crippen molar-refractivity contribution in [1.29, 1.82) is 0 Å². The van der Waals surface area contributed by atoms with E-state index in [0.29, 0.717) is 4.48 Å². The van der Waals surface area contributed by atoms with Gasteiger partial charge in [0.2, 0.25) is 0 Å². The van der Waals surface area contributed by atoms with Gasteiger partial charge in [0.15, 0.2) is 11.4 Å². The van der Waals surface area contributed by atoms with E-state index < -0.39 is 0 Å². The highest BCUT2D eigenvalue weighted by Crippen LogP contribution is 2.31. The number of quaternary nitrogens is 1. The molecule has 0 saturated carbocycles. The SMILES string of the molecule is C[N+](C)(C)c1ccc(O)cc1O.[OH-]. The highest BCUT2D eigenvalue weighted by Gasteiger charge is 2.16. The molecule has 0 fully saturated rings. The number of rotatable bonds is 1. The van der Waals surface area contributed by atoms with Crippen LogP contribution in [0.15, 0.2) is 18.2 Å². The van der Waals surface area contributed by atoms with Crippen LogP contribution in [0, 0.1) is 0 Å². The van der Waals surface area contributed by atoms with Crippen molar-refractivity contribution in [1.82, 2.24) is 4.48 Å². The van der Waals surface area contributed by atoms with Gasteiger partial charge in [-0.05, 0) is 6.07 Å². The second-order valence-corrected chi connectivity index (χ2v) is 3.69. The molecular weight excluding hydrogens is 170 g/mol. The van der Waals surface area contributed by atoms with Gasteiger partial charge in [-0.1, -0.05) is 0 Å². The zero-order valence-corrected chi connectivity index (χ0v) is 8.02. The van der Waals surface area contributed by atoms with E-state index in [1.165, 1.54) is 6.07 Å². The molecule has 0 unspecified atom stereocenters. The monoisotopic (exact) mass is 185 g/mol. The van der Waals surface area contributed by atoms with Crippen molar-refractivity contribution < 1.29 is 15.7 Å². The number of benzene rings is 1. The molecule has 74 valence electrons. The molecule has 0 aliphatic heterocycles. The third-order valence-electron chi connectivity index (χ3n) is 1.68. The number of aromatic hydroxyl groups is 2. The Morgan fingerprint density at radius 1 is 1.08 bits per heavy atom. The summed E-state index contributed by atoms with van der Waals surface area (Å²) in [7, 11) is 5.85. The van der Waals surface area contributed by atoms with Gasteiger partial charge < -0.3 is 15.7 Å². The van der Waals surface area contributed by atoms with E-state index in [1.807, 2.05) is 21.1 Å². The van der Waals surface area contributed by atoms with Crippen LogP contribution < -0.4 is 4.48 Å². The van der Waals surface area contributed by atoms with Crippen LogP contribution in [0.1, 0.15) is 0 Å². The Balaban J connectivity index is 0.00000144. The van der Waals surface area contributed by atoms with Crippen LogP contribution in [0.25, 0.3) is 0 Å². The van der Waals surface area contributed by atoms with Gasteiger partial charge in [-0.3, -0.25) is 4.48 Å². The molecule has 0 aliphatic carbocycles. The highest BCUT2D eigenvalue weighted by molar-refractivity contribution is 5.56. The summed E-state index contributed by atoms with van der Waals surface area (Å²) in [6.07, 6.45) is 0. The van der Waals surface area contributed by atoms with Crippen molar-refractivity contribution in [2.75, 3.05) is 21.1 Å². The van der Waals surface area contributed by atoms with Crippen molar-refractivity contribution in [2.45, 2.75) is 0 Å². The highest BCUT2D eigenvalue weighted by atomic mass is 16.3. The predicted octanol–water partition coefficient (Wildman–Crippen LogP) is 1.12. The Morgan fingerprint density at radius 2 is 1.62 bits per heavy atom. The Bertz CT molecular complexity index is 291. The number of nitrogens with zero attached hydrogens (tertiary/aromatic N) is 1. The Kier molecular flexibility index (Phi) is 3.28. The maximum absolute atomic E-state index is 9.45. The van der Waals surface area contributed by atoms with Crippen LogP contribution in [-0.2, 0) is 0 Å². The van der Waals surface area contributed by atoms with Crippen LogP contribution >= 0.6 is 0 Å². The van der Waals surface area contributed by atoms with E-state index in [4.69, 9.17) is 5.11 Å². The lowest BCUT2D eigenvalue weighted by Gasteiger charge is -2.23. The molecule has 1 aromatic rings. The quantitative estimate of drug-likeness (QED) is 0.644. The first-order valence-electron chi connectivity index (χ1n) is 3.75. The van der Waals surface area contributed by atoms with Crippen molar-refractivity contribution in [3.05, 3.63) is 18.2 Å². The smallest absolute Gasteiger partial charge is 0.180 e. The summed E-state index contributed by atoms with van der Waals surface area (Å²) in [4.78, 5) is 0. The average molecular weight is 185 g/mol. The molecule has 0 saturated heterocycles. The van der Waals surface area contributed by atoms with Gasteiger partial charge >= 0.3 is 0 Å². The fourth-order valence-electron chi connectivity index (χ4n) is 1.08. The normalized spacial score (nSPS) is 10.7. The molecule has 1 rings (SSSR count). The van der Waals surface area contributed by atoms with Crippen LogP contribution in [-0.4, -0.2) is 36.8 Å². The molecular formula is C9H15NO3. The van der Waals surface area contributed by atoms with Crippen molar-refractivity contribution in [3.8, 4) is 11.5 Å². The molecule has 4 heteroatoms. The molecule has 0 spiro atoms. The van der Waals surface area contributed by atoms with E-state index in [0.717, 1.165) is 5.69 Å². The molecule has 13 heavy (non-hydrogen) atoms. The van der Waals surface area contributed by atoms with Crippen molar-refractivity contribution in [2.24, 2.45) is 0 Å². The Hall–Kier alpha value is -1.26. The summed E-state index contributed by atoms with van der Waals surface area (Å²) in [6, 6.07) is 4.63. The van der Waals surface area contributed by atoms with E-state index >= 15 is 0 Å². The summed E-state index contributed by atoms with van der Waals surface area (Å²) in [6.45, 7) is 0. The average Bonchev–Trinajstić information content (AvgIpc) is 1.83. The first-order chi connectivity index (χ1) is 5.41. The number of phenols is 2. The second-order valence-electron chi connectivity index (χ2n) is 3.69. The molecule has 4 nitrogen and oxygen atoms in total. The van der Waals surface area contributed by atoms with Crippen LogP contribution in [0.3, 0.4) is 0 Å². The molecule has 0 atom stereocenters. The zero-order chi connectivity index (χ0) is 9.35. The second kappa shape index (κ2) is 3.64. The van der Waals surface area contributed by atoms with Gasteiger partial charge in [-0.25, -0.2) is 0 Å². The minimum absolute atomic E-state index is 0. The third-order valence-corrected chi connectivity index (χ3v) is 1.68. The predicted molar refractivity (Wildman–Crippen MR) is 51.3 cm³/mol. The zero-order valence-electron chi connectivity index (χ0n) is 8.02. The van der Waals surface area contributed by atoms with Gasteiger partial charge in [0, 0.05) is 12.1 Å². The molecule has 0 radical (unpaired) electrons. The fraction of sp³-hybridized carbons (Fsp3) is 0.333. The van der Waals surface area contributed by atoms with Gasteiger partial charge in [-0.2, -0.15) is 0 Å². The minimum Gasteiger partial charge on any atom is -0.870 e. The molecule has 0 amide bonds. The fourth-order valence-corrected chi connectivity index (χ4v) is 1.08. The van der Waals surface area contributed by atoms with E-state index in [9.17, 15) is 5.11 Å². The summed E-state index contributed by atoms with van der Waals surface area (Å²) >= 11 is 0. The van der Waals surface area contributed by atoms with Gasteiger partial charge in [-0.15, -0.1) is 0 Å². The number of phenolic OH excluding ortho intramolecular Hbond substituents is 2. The maximum atomic E-state index is 9.45. The van der Waals surface area contributed by atoms with E-state index in [-0.39, 0.29) is 17.0 Å². The molecule has 0 aliphatic rings. The van der Waals surface area contributed by atoms with Crippen LogP contribution in [0.2, 0.25) is 0 Å². The summed E-state index contributed by atoms with van der Waals surface area (Å²) in [5, 5.41) is 18.5. The number of hydrogen-bond donors (Lipinski definition) is 2. The maximum Gasteiger partial charge on any atom is 0.180 e. The lowest BCUT2D eigenvalue weighted by molar-refractivity contribution is 0.417. The topological polar surface area (TPSA) is 70.5 Å². The molecule has 1 aromatic carbocycles. The van der Waals surface area contributed by atoms with Crippen LogP contribution in [0.5, 0.6) is 11.5 Å². The standard InChI is InChI=1S/C9H13NO2.H2O/c1-10(2,3)8-5-4-7(11)6-9(8)12;/h4-6H,1-3H3,(H-,11,12);1H2. The van der Waals surface area contributed by atoms with Gasteiger partial charge in [0.1, 0.15) is 5.75 Å². The molecule has 0 aromatic heterocycles. The summed E-state index contributed by atoms with van der Waals surface area (Å²) < 4.78 is 0.534. The first-order valence-corrected chi connectivity index (χ1v) is 3.75.